The minimum Gasteiger partial charge on any atom is -0.345 e. The van der Waals surface area contributed by atoms with Gasteiger partial charge in [-0.15, -0.1) is 10.2 Å². The fourth-order valence-electron chi connectivity index (χ4n) is 3.28. The SMILES string of the molecule is O=C(NCc1nnc2n1CCCCC2)c1cnn(Cc2ccccc2)c1. The summed E-state index contributed by atoms with van der Waals surface area (Å²) in [4.78, 5) is 12.4. The monoisotopic (exact) mass is 350 g/mol. The summed E-state index contributed by atoms with van der Waals surface area (Å²) < 4.78 is 3.92. The van der Waals surface area contributed by atoms with Crippen LogP contribution in [0.1, 0.15) is 46.8 Å². The Bertz CT molecular complexity index is 883. The summed E-state index contributed by atoms with van der Waals surface area (Å²) in [5.41, 5.74) is 1.70. The van der Waals surface area contributed by atoms with Crippen LogP contribution in [-0.2, 0) is 26.1 Å². The number of benzene rings is 1. The number of fused-ring (bicyclic) bond motifs is 1. The molecule has 0 fully saturated rings. The van der Waals surface area contributed by atoms with E-state index in [0.29, 0.717) is 18.7 Å². The van der Waals surface area contributed by atoms with Crippen LogP contribution in [0, 0.1) is 0 Å². The Morgan fingerprint density at radius 2 is 2.00 bits per heavy atom. The lowest BCUT2D eigenvalue weighted by molar-refractivity contribution is 0.0949. The maximum Gasteiger partial charge on any atom is 0.254 e. The molecule has 0 saturated heterocycles. The van der Waals surface area contributed by atoms with Crippen molar-refractivity contribution >= 4 is 5.91 Å². The first kappa shape index (κ1) is 16.5. The van der Waals surface area contributed by atoms with Crippen molar-refractivity contribution in [2.24, 2.45) is 0 Å². The molecule has 3 aromatic rings. The highest BCUT2D eigenvalue weighted by Crippen LogP contribution is 2.14. The van der Waals surface area contributed by atoms with E-state index in [4.69, 9.17) is 0 Å². The van der Waals surface area contributed by atoms with Crippen molar-refractivity contribution in [2.45, 2.75) is 45.3 Å². The highest BCUT2D eigenvalue weighted by Gasteiger charge is 2.16. The molecule has 0 atom stereocenters. The van der Waals surface area contributed by atoms with E-state index in [1.54, 1.807) is 17.1 Å². The summed E-state index contributed by atoms with van der Waals surface area (Å²) in [6.45, 7) is 1.96. The third-order valence-corrected chi connectivity index (χ3v) is 4.68. The molecule has 7 heteroatoms. The van der Waals surface area contributed by atoms with Gasteiger partial charge in [0, 0.05) is 19.2 Å². The molecule has 0 spiro atoms. The molecule has 2 aromatic heterocycles. The second-order valence-electron chi connectivity index (χ2n) is 6.59. The molecule has 0 saturated carbocycles. The van der Waals surface area contributed by atoms with Crippen LogP contribution in [0.5, 0.6) is 0 Å². The van der Waals surface area contributed by atoms with E-state index in [9.17, 15) is 4.79 Å². The Hall–Kier alpha value is -2.96. The van der Waals surface area contributed by atoms with Crippen molar-refractivity contribution in [1.29, 1.82) is 0 Å². The summed E-state index contributed by atoms with van der Waals surface area (Å²) in [7, 11) is 0. The van der Waals surface area contributed by atoms with Crippen LogP contribution in [0.2, 0.25) is 0 Å². The lowest BCUT2D eigenvalue weighted by Gasteiger charge is -2.07. The third kappa shape index (κ3) is 3.66. The molecule has 0 aliphatic carbocycles. The molecule has 0 radical (unpaired) electrons. The Balaban J connectivity index is 1.38. The predicted molar refractivity (Wildman–Crippen MR) is 96.5 cm³/mol. The van der Waals surface area contributed by atoms with Gasteiger partial charge in [-0.3, -0.25) is 9.48 Å². The number of carbonyl (C=O) groups excluding carboxylic acids is 1. The highest BCUT2D eigenvalue weighted by molar-refractivity contribution is 5.93. The third-order valence-electron chi connectivity index (χ3n) is 4.68. The van der Waals surface area contributed by atoms with Gasteiger partial charge >= 0.3 is 0 Å². The maximum atomic E-state index is 12.4. The summed E-state index contributed by atoms with van der Waals surface area (Å²) in [5.74, 6) is 1.71. The van der Waals surface area contributed by atoms with Gasteiger partial charge in [-0.05, 0) is 18.4 Å². The first-order valence-electron chi connectivity index (χ1n) is 9.05. The van der Waals surface area contributed by atoms with Gasteiger partial charge in [0.05, 0.1) is 24.8 Å². The number of aryl methyl sites for hydroxylation is 1. The number of amides is 1. The van der Waals surface area contributed by atoms with Gasteiger partial charge in [-0.1, -0.05) is 36.8 Å². The van der Waals surface area contributed by atoms with E-state index in [1.165, 1.54) is 6.42 Å². The number of aromatic nitrogens is 5. The Kier molecular flexibility index (Phi) is 4.77. The van der Waals surface area contributed by atoms with Gasteiger partial charge in [0.25, 0.3) is 5.91 Å². The molecular formula is C19H22N6O. The zero-order chi connectivity index (χ0) is 17.8. The fourth-order valence-corrected chi connectivity index (χ4v) is 3.28. The van der Waals surface area contributed by atoms with E-state index in [2.05, 4.69) is 25.2 Å². The molecule has 3 heterocycles. The molecule has 1 amide bonds. The second-order valence-corrected chi connectivity index (χ2v) is 6.59. The molecule has 0 unspecified atom stereocenters. The molecule has 1 aliphatic rings. The highest BCUT2D eigenvalue weighted by atomic mass is 16.1. The quantitative estimate of drug-likeness (QED) is 0.765. The lowest BCUT2D eigenvalue weighted by atomic mass is 10.2. The largest absolute Gasteiger partial charge is 0.345 e. The molecule has 26 heavy (non-hydrogen) atoms. The minimum absolute atomic E-state index is 0.143. The van der Waals surface area contributed by atoms with E-state index in [-0.39, 0.29) is 5.91 Å². The van der Waals surface area contributed by atoms with Gasteiger partial charge in [-0.2, -0.15) is 5.10 Å². The molecule has 134 valence electrons. The van der Waals surface area contributed by atoms with E-state index >= 15 is 0 Å². The smallest absolute Gasteiger partial charge is 0.254 e. The Morgan fingerprint density at radius 1 is 1.12 bits per heavy atom. The number of hydrogen-bond donors (Lipinski definition) is 1. The summed E-state index contributed by atoms with van der Waals surface area (Å²) in [6, 6.07) is 10.1. The van der Waals surface area contributed by atoms with Crippen LogP contribution in [-0.4, -0.2) is 30.5 Å². The van der Waals surface area contributed by atoms with Crippen LogP contribution in [0.4, 0.5) is 0 Å². The zero-order valence-corrected chi connectivity index (χ0v) is 14.6. The predicted octanol–water partition coefficient (Wildman–Crippen LogP) is 2.18. The van der Waals surface area contributed by atoms with Gasteiger partial charge in [0.15, 0.2) is 5.82 Å². The molecule has 1 aromatic carbocycles. The van der Waals surface area contributed by atoms with Crippen LogP contribution in [0.25, 0.3) is 0 Å². The van der Waals surface area contributed by atoms with Crippen LogP contribution in [0.15, 0.2) is 42.7 Å². The van der Waals surface area contributed by atoms with Crippen LogP contribution in [0.3, 0.4) is 0 Å². The summed E-state index contributed by atoms with van der Waals surface area (Å²) in [5, 5.41) is 15.7. The van der Waals surface area contributed by atoms with Gasteiger partial charge in [-0.25, -0.2) is 0 Å². The molecule has 1 N–H and O–H groups in total. The number of nitrogens with one attached hydrogen (secondary N) is 1. The number of nitrogens with zero attached hydrogens (tertiary/aromatic N) is 5. The zero-order valence-electron chi connectivity index (χ0n) is 14.6. The van der Waals surface area contributed by atoms with E-state index in [0.717, 1.165) is 43.0 Å². The van der Waals surface area contributed by atoms with Crippen molar-refractivity contribution in [3.05, 3.63) is 65.5 Å². The molecule has 1 aliphatic heterocycles. The maximum absolute atomic E-state index is 12.4. The van der Waals surface area contributed by atoms with Crippen molar-refractivity contribution in [1.82, 2.24) is 29.9 Å². The summed E-state index contributed by atoms with van der Waals surface area (Å²) in [6.07, 6.45) is 7.85. The first-order chi connectivity index (χ1) is 12.8. The van der Waals surface area contributed by atoms with E-state index < -0.39 is 0 Å². The second kappa shape index (κ2) is 7.51. The molecule has 0 bridgehead atoms. The molecule has 7 nitrogen and oxygen atoms in total. The van der Waals surface area contributed by atoms with Crippen LogP contribution < -0.4 is 5.32 Å². The van der Waals surface area contributed by atoms with Crippen molar-refractivity contribution < 1.29 is 4.79 Å². The standard InChI is InChI=1S/C19H22N6O/c26-19(16-11-21-24(14-16)13-15-7-3-1-4-8-15)20-12-18-23-22-17-9-5-2-6-10-25(17)18/h1,3-4,7-8,11,14H,2,5-6,9-10,12-13H2,(H,20,26). The number of hydrogen-bond acceptors (Lipinski definition) is 4. The van der Waals surface area contributed by atoms with Crippen molar-refractivity contribution in [3.8, 4) is 0 Å². The number of rotatable bonds is 5. The van der Waals surface area contributed by atoms with Crippen molar-refractivity contribution in [2.75, 3.05) is 0 Å². The minimum atomic E-state index is -0.143. The Labute approximate surface area is 152 Å². The van der Waals surface area contributed by atoms with Crippen LogP contribution >= 0.6 is 0 Å². The number of carbonyl (C=O) groups is 1. The fraction of sp³-hybridized carbons (Fsp3) is 0.368. The topological polar surface area (TPSA) is 77.6 Å². The Morgan fingerprint density at radius 3 is 2.88 bits per heavy atom. The van der Waals surface area contributed by atoms with Gasteiger partial charge < -0.3 is 9.88 Å². The molecule has 4 rings (SSSR count). The normalized spacial score (nSPS) is 13.8. The first-order valence-corrected chi connectivity index (χ1v) is 9.05. The van der Waals surface area contributed by atoms with Gasteiger partial charge in [0.2, 0.25) is 0 Å². The van der Waals surface area contributed by atoms with Crippen molar-refractivity contribution in [3.63, 3.8) is 0 Å². The van der Waals surface area contributed by atoms with Gasteiger partial charge in [0.1, 0.15) is 5.82 Å². The average Bonchev–Trinajstić information content (AvgIpc) is 3.21. The average molecular weight is 350 g/mol. The summed E-state index contributed by atoms with van der Waals surface area (Å²) >= 11 is 0. The molecular weight excluding hydrogens is 328 g/mol. The van der Waals surface area contributed by atoms with E-state index in [1.807, 2.05) is 30.3 Å². The lowest BCUT2D eigenvalue weighted by Crippen LogP contribution is -2.24.